The van der Waals surface area contributed by atoms with Gasteiger partial charge < -0.3 is 4.90 Å². The third-order valence-electron chi connectivity index (χ3n) is 4.54. The summed E-state index contributed by atoms with van der Waals surface area (Å²) in [7, 11) is 5.37. The van der Waals surface area contributed by atoms with Crippen LogP contribution < -0.4 is 4.90 Å². The Kier molecular flexibility index (Phi) is 2.91. The lowest BCUT2D eigenvalue weighted by Crippen LogP contribution is -2.36. The minimum atomic E-state index is -0.0277. The van der Waals surface area contributed by atoms with Crippen molar-refractivity contribution in [1.82, 2.24) is 4.90 Å². The molecule has 0 spiro atoms. The van der Waals surface area contributed by atoms with Crippen LogP contribution in [0.1, 0.15) is 0 Å². The van der Waals surface area contributed by atoms with Crippen LogP contribution in [-0.4, -0.2) is 32.1 Å². The molecule has 4 aromatic rings. The van der Waals surface area contributed by atoms with Gasteiger partial charge in [-0.15, -0.1) is 0 Å². The molecule has 4 aromatic carbocycles. The molecular weight excluding hydrogens is 284 g/mol. The Morgan fingerprint density at radius 2 is 1.30 bits per heavy atom. The second-order valence-corrected chi connectivity index (χ2v) is 6.18. The van der Waals surface area contributed by atoms with Crippen LogP contribution in [0.3, 0.4) is 0 Å². The van der Waals surface area contributed by atoms with E-state index < -0.39 is 0 Å². The standard InChI is InChI=1S/C20H18N2O/c1-21(2)20(23)22(3)17-12-10-15-8-7-13-5-4-6-14-9-11-16(17)19(15)18(13)14/h4-12H,1-3H3. The predicted molar refractivity (Wildman–Crippen MR) is 97.6 cm³/mol. The Morgan fingerprint density at radius 1 is 0.739 bits per heavy atom. The number of hydrogen-bond donors (Lipinski definition) is 0. The quantitative estimate of drug-likeness (QED) is 0.467. The smallest absolute Gasteiger partial charge is 0.323 e. The molecule has 3 heteroatoms. The number of benzene rings is 4. The molecule has 4 rings (SSSR count). The Hall–Kier alpha value is -2.81. The summed E-state index contributed by atoms with van der Waals surface area (Å²) in [5, 5.41) is 7.30. The minimum absolute atomic E-state index is 0.0277. The van der Waals surface area contributed by atoms with Crippen molar-refractivity contribution in [3.05, 3.63) is 54.6 Å². The number of urea groups is 1. The SMILES string of the molecule is CN(C)C(=O)N(C)c1ccc2ccc3cccc4ccc1c2c34. The van der Waals surface area contributed by atoms with Crippen molar-refractivity contribution in [1.29, 1.82) is 0 Å². The summed E-state index contributed by atoms with van der Waals surface area (Å²) in [6.07, 6.45) is 0. The van der Waals surface area contributed by atoms with Gasteiger partial charge in [0.1, 0.15) is 0 Å². The molecule has 0 aliphatic carbocycles. The first kappa shape index (κ1) is 13.8. The molecule has 0 heterocycles. The maximum absolute atomic E-state index is 12.4. The lowest BCUT2D eigenvalue weighted by molar-refractivity contribution is 0.225. The second kappa shape index (κ2) is 4.85. The highest BCUT2D eigenvalue weighted by Gasteiger charge is 2.17. The van der Waals surface area contributed by atoms with E-state index >= 15 is 0 Å². The van der Waals surface area contributed by atoms with E-state index in [2.05, 4.69) is 48.5 Å². The number of anilines is 1. The fourth-order valence-corrected chi connectivity index (χ4v) is 3.42. The molecule has 0 fully saturated rings. The normalized spacial score (nSPS) is 11.4. The van der Waals surface area contributed by atoms with Gasteiger partial charge in [0.2, 0.25) is 0 Å². The van der Waals surface area contributed by atoms with E-state index in [0.717, 1.165) is 11.1 Å². The average molecular weight is 302 g/mol. The largest absolute Gasteiger partial charge is 0.330 e. The van der Waals surface area contributed by atoms with Gasteiger partial charge in [-0.3, -0.25) is 4.90 Å². The topological polar surface area (TPSA) is 23.6 Å². The number of carbonyl (C=O) groups excluding carboxylic acids is 1. The number of nitrogens with zero attached hydrogens (tertiary/aromatic N) is 2. The van der Waals surface area contributed by atoms with Gasteiger partial charge in [0.05, 0.1) is 5.69 Å². The van der Waals surface area contributed by atoms with Gasteiger partial charge >= 0.3 is 6.03 Å². The molecule has 23 heavy (non-hydrogen) atoms. The zero-order chi connectivity index (χ0) is 16.1. The first-order chi connectivity index (χ1) is 11.1. The van der Waals surface area contributed by atoms with E-state index in [9.17, 15) is 4.79 Å². The van der Waals surface area contributed by atoms with Gasteiger partial charge in [-0.05, 0) is 33.0 Å². The van der Waals surface area contributed by atoms with Crippen molar-refractivity contribution in [3.8, 4) is 0 Å². The van der Waals surface area contributed by atoms with E-state index in [1.165, 1.54) is 26.9 Å². The minimum Gasteiger partial charge on any atom is -0.330 e. The summed E-state index contributed by atoms with van der Waals surface area (Å²) >= 11 is 0. The molecule has 0 radical (unpaired) electrons. The molecule has 0 atom stereocenters. The van der Waals surface area contributed by atoms with Crippen LogP contribution >= 0.6 is 0 Å². The molecule has 2 amide bonds. The Labute approximate surface area is 135 Å². The van der Waals surface area contributed by atoms with Crippen molar-refractivity contribution in [2.45, 2.75) is 0 Å². The molecule has 114 valence electrons. The fourth-order valence-electron chi connectivity index (χ4n) is 3.42. The summed E-state index contributed by atoms with van der Waals surface area (Å²) < 4.78 is 0. The Bertz CT molecular complexity index is 1020. The van der Waals surface area contributed by atoms with Crippen molar-refractivity contribution in [2.75, 3.05) is 26.0 Å². The maximum Gasteiger partial charge on any atom is 0.323 e. The Morgan fingerprint density at radius 3 is 1.96 bits per heavy atom. The van der Waals surface area contributed by atoms with Crippen molar-refractivity contribution in [2.24, 2.45) is 0 Å². The molecule has 0 aliphatic heterocycles. The zero-order valence-electron chi connectivity index (χ0n) is 13.5. The molecule has 0 aliphatic rings. The molecule has 0 saturated heterocycles. The van der Waals surface area contributed by atoms with Crippen LogP contribution in [-0.2, 0) is 0 Å². The van der Waals surface area contributed by atoms with Gasteiger partial charge in [-0.25, -0.2) is 4.79 Å². The van der Waals surface area contributed by atoms with E-state index in [-0.39, 0.29) is 6.03 Å². The van der Waals surface area contributed by atoms with Crippen LogP contribution in [0, 0.1) is 0 Å². The molecule has 0 aromatic heterocycles. The Balaban J connectivity index is 2.09. The molecule has 0 N–H and O–H groups in total. The second-order valence-electron chi connectivity index (χ2n) is 6.18. The third-order valence-corrected chi connectivity index (χ3v) is 4.54. The maximum atomic E-state index is 12.4. The van der Waals surface area contributed by atoms with Gasteiger partial charge in [-0.2, -0.15) is 0 Å². The summed E-state index contributed by atoms with van der Waals surface area (Å²) in [6.45, 7) is 0. The molecule has 0 bridgehead atoms. The first-order valence-electron chi connectivity index (χ1n) is 7.69. The number of amides is 2. The van der Waals surface area contributed by atoms with E-state index in [1.54, 1.807) is 23.9 Å². The first-order valence-corrected chi connectivity index (χ1v) is 7.69. The van der Waals surface area contributed by atoms with Gasteiger partial charge in [0.25, 0.3) is 0 Å². The van der Waals surface area contributed by atoms with Crippen molar-refractivity contribution >= 4 is 44.0 Å². The van der Waals surface area contributed by atoms with E-state index in [4.69, 9.17) is 0 Å². The number of hydrogen-bond acceptors (Lipinski definition) is 1. The lowest BCUT2D eigenvalue weighted by Gasteiger charge is -2.24. The zero-order valence-corrected chi connectivity index (χ0v) is 13.5. The molecule has 0 unspecified atom stereocenters. The number of rotatable bonds is 1. The fraction of sp³-hybridized carbons (Fsp3) is 0.150. The summed E-state index contributed by atoms with van der Waals surface area (Å²) in [6, 6.07) is 19.1. The number of carbonyl (C=O) groups is 1. The summed E-state index contributed by atoms with van der Waals surface area (Å²) in [5.41, 5.74) is 0.939. The summed E-state index contributed by atoms with van der Waals surface area (Å²) in [4.78, 5) is 15.7. The van der Waals surface area contributed by atoms with Crippen LogP contribution in [0.15, 0.2) is 54.6 Å². The van der Waals surface area contributed by atoms with Crippen LogP contribution in [0.5, 0.6) is 0 Å². The van der Waals surface area contributed by atoms with Crippen LogP contribution in [0.2, 0.25) is 0 Å². The highest BCUT2D eigenvalue weighted by Crippen LogP contribution is 2.38. The van der Waals surface area contributed by atoms with Crippen LogP contribution in [0.25, 0.3) is 32.3 Å². The van der Waals surface area contributed by atoms with Gasteiger partial charge in [0, 0.05) is 26.5 Å². The highest BCUT2D eigenvalue weighted by molar-refractivity contribution is 6.25. The molecular formula is C20H18N2O. The van der Waals surface area contributed by atoms with Gasteiger partial charge in [0.15, 0.2) is 0 Å². The van der Waals surface area contributed by atoms with E-state index in [0.29, 0.717) is 0 Å². The molecule has 3 nitrogen and oxygen atoms in total. The average Bonchev–Trinajstić information content (AvgIpc) is 2.58. The third kappa shape index (κ3) is 1.93. The van der Waals surface area contributed by atoms with E-state index in [1.807, 2.05) is 13.1 Å². The monoisotopic (exact) mass is 302 g/mol. The van der Waals surface area contributed by atoms with Crippen molar-refractivity contribution in [3.63, 3.8) is 0 Å². The van der Waals surface area contributed by atoms with Crippen LogP contribution in [0.4, 0.5) is 10.5 Å². The predicted octanol–water partition coefficient (Wildman–Crippen LogP) is 4.70. The summed E-state index contributed by atoms with van der Waals surface area (Å²) in [5.74, 6) is 0. The highest BCUT2D eigenvalue weighted by atomic mass is 16.2. The van der Waals surface area contributed by atoms with Gasteiger partial charge in [-0.1, -0.05) is 48.5 Å². The lowest BCUT2D eigenvalue weighted by atomic mass is 9.93. The molecule has 0 saturated carbocycles. The van der Waals surface area contributed by atoms with Crippen molar-refractivity contribution < 1.29 is 4.79 Å².